The molecule has 0 spiro atoms. The van der Waals surface area contributed by atoms with Gasteiger partial charge in [0.2, 0.25) is 11.9 Å². The summed E-state index contributed by atoms with van der Waals surface area (Å²) < 4.78 is 2.06. The molecule has 2 aliphatic rings. The van der Waals surface area contributed by atoms with Crippen molar-refractivity contribution in [3.8, 4) is 22.6 Å². The van der Waals surface area contributed by atoms with Crippen LogP contribution in [-0.2, 0) is 4.79 Å². The number of anilines is 4. The number of nitrogens with zero attached hydrogens (tertiary/aromatic N) is 6. The lowest BCUT2D eigenvalue weighted by molar-refractivity contribution is -0.117. The van der Waals surface area contributed by atoms with Gasteiger partial charge in [0.15, 0.2) is 4.96 Å². The first kappa shape index (κ1) is 30.2. The smallest absolute Gasteiger partial charge is 0.228 e. The van der Waals surface area contributed by atoms with Crippen molar-refractivity contribution >= 4 is 45.2 Å². The third-order valence-electron chi connectivity index (χ3n) is 9.20. The molecular formula is C37H36N8O2S. The number of nitrogens with one attached hydrogen (secondary N) is 2. The number of hydrogen-bond donors (Lipinski definition) is 3. The van der Waals surface area contributed by atoms with E-state index in [-0.39, 0.29) is 24.3 Å². The molecule has 6 aromatic rings. The third kappa shape index (κ3) is 6.27. The van der Waals surface area contributed by atoms with Gasteiger partial charge in [0.25, 0.3) is 0 Å². The summed E-state index contributed by atoms with van der Waals surface area (Å²) in [6, 6.07) is 28.4. The summed E-state index contributed by atoms with van der Waals surface area (Å²) in [5.74, 6) is 0.804. The lowest BCUT2D eigenvalue weighted by Gasteiger charge is -2.35. The molecule has 3 N–H and O–H groups in total. The minimum Gasteiger partial charge on any atom is -0.395 e. The van der Waals surface area contributed by atoms with Gasteiger partial charge in [-0.25, -0.2) is 15.0 Å². The van der Waals surface area contributed by atoms with Crippen molar-refractivity contribution in [2.24, 2.45) is 5.92 Å². The molecule has 0 unspecified atom stereocenters. The van der Waals surface area contributed by atoms with Gasteiger partial charge in [-0.3, -0.25) is 14.1 Å². The highest BCUT2D eigenvalue weighted by Gasteiger charge is 2.43. The number of carbonyl (C=O) groups excluding carboxylic acids is 1. The zero-order valence-corrected chi connectivity index (χ0v) is 27.2. The van der Waals surface area contributed by atoms with Crippen LogP contribution in [0.15, 0.2) is 103 Å². The lowest BCUT2D eigenvalue weighted by Crippen LogP contribution is -2.47. The molecule has 0 bridgehead atoms. The highest BCUT2D eigenvalue weighted by atomic mass is 32.1. The maximum atomic E-state index is 13.1. The van der Waals surface area contributed by atoms with Crippen LogP contribution in [0.4, 0.5) is 23.0 Å². The minimum absolute atomic E-state index is 0.0131. The number of hydrogen-bond acceptors (Lipinski definition) is 9. The summed E-state index contributed by atoms with van der Waals surface area (Å²) in [6.07, 6.45) is 4.64. The average molecular weight is 657 g/mol. The number of thiazole rings is 1. The number of aliphatic hydroxyl groups excluding tert-OH is 1. The number of imidazole rings is 1. The maximum absolute atomic E-state index is 13.1. The molecule has 3 aromatic carbocycles. The van der Waals surface area contributed by atoms with E-state index in [0.29, 0.717) is 5.95 Å². The van der Waals surface area contributed by atoms with Crippen molar-refractivity contribution < 1.29 is 9.90 Å². The Bertz CT molecular complexity index is 2040. The molecule has 1 saturated heterocycles. The molecule has 3 aromatic heterocycles. The fourth-order valence-corrected chi connectivity index (χ4v) is 7.28. The number of rotatable bonds is 10. The summed E-state index contributed by atoms with van der Waals surface area (Å²) in [5.41, 5.74) is 7.33. The van der Waals surface area contributed by atoms with Crippen molar-refractivity contribution in [1.82, 2.24) is 24.3 Å². The van der Waals surface area contributed by atoms with E-state index in [1.165, 1.54) is 11.3 Å². The quantitative estimate of drug-likeness (QED) is 0.162. The Morgan fingerprint density at radius 3 is 2.56 bits per heavy atom. The molecule has 48 heavy (non-hydrogen) atoms. The van der Waals surface area contributed by atoms with Crippen LogP contribution in [0.25, 0.3) is 27.6 Å². The van der Waals surface area contributed by atoms with Gasteiger partial charge in [-0.15, -0.1) is 11.3 Å². The van der Waals surface area contributed by atoms with Crippen LogP contribution in [0.1, 0.15) is 17.9 Å². The molecular weight excluding hydrogens is 621 g/mol. The molecule has 11 heteroatoms. The van der Waals surface area contributed by atoms with Gasteiger partial charge in [0, 0.05) is 79.0 Å². The Kier molecular flexibility index (Phi) is 8.31. The third-order valence-corrected chi connectivity index (χ3v) is 9.95. The number of aliphatic hydroxyl groups is 1. The first-order valence-corrected chi connectivity index (χ1v) is 17.2. The van der Waals surface area contributed by atoms with Crippen molar-refractivity contribution in [3.05, 3.63) is 108 Å². The van der Waals surface area contributed by atoms with Gasteiger partial charge in [-0.1, -0.05) is 42.5 Å². The normalized spacial score (nSPS) is 17.8. The maximum Gasteiger partial charge on any atom is 0.228 e. The van der Waals surface area contributed by atoms with Crippen molar-refractivity contribution in [3.63, 3.8) is 0 Å². The van der Waals surface area contributed by atoms with Gasteiger partial charge >= 0.3 is 0 Å². The highest BCUT2D eigenvalue weighted by molar-refractivity contribution is 7.15. The predicted molar refractivity (Wildman–Crippen MR) is 191 cm³/mol. The molecule has 2 atom stereocenters. The van der Waals surface area contributed by atoms with Crippen molar-refractivity contribution in [1.29, 1.82) is 0 Å². The summed E-state index contributed by atoms with van der Waals surface area (Å²) in [4.78, 5) is 33.1. The Morgan fingerprint density at radius 2 is 1.75 bits per heavy atom. The summed E-state index contributed by atoms with van der Waals surface area (Å²) in [5, 5.41) is 17.8. The van der Waals surface area contributed by atoms with E-state index in [1.807, 2.05) is 60.1 Å². The van der Waals surface area contributed by atoms with Crippen LogP contribution in [0.3, 0.4) is 0 Å². The van der Waals surface area contributed by atoms with Gasteiger partial charge in [-0.2, -0.15) is 0 Å². The predicted octanol–water partition coefficient (Wildman–Crippen LogP) is 6.12. The van der Waals surface area contributed by atoms with E-state index in [4.69, 9.17) is 9.97 Å². The summed E-state index contributed by atoms with van der Waals surface area (Å²) in [7, 11) is 0. The molecule has 1 aliphatic carbocycles. The molecule has 1 saturated carbocycles. The van der Waals surface area contributed by atoms with Crippen LogP contribution in [-0.4, -0.2) is 74.6 Å². The average Bonchev–Trinajstić information content (AvgIpc) is 3.67. The summed E-state index contributed by atoms with van der Waals surface area (Å²) >= 11 is 1.56. The van der Waals surface area contributed by atoms with E-state index >= 15 is 0 Å². The Morgan fingerprint density at radius 1 is 0.917 bits per heavy atom. The van der Waals surface area contributed by atoms with Gasteiger partial charge < -0.3 is 20.6 Å². The number of fused-ring (bicyclic) bond motifs is 1. The molecule has 10 nitrogen and oxygen atoms in total. The molecule has 1 amide bonds. The Labute approximate surface area is 282 Å². The second-order valence-electron chi connectivity index (χ2n) is 12.3. The van der Waals surface area contributed by atoms with Crippen molar-refractivity contribution in [2.45, 2.75) is 12.3 Å². The van der Waals surface area contributed by atoms with Crippen LogP contribution < -0.4 is 15.5 Å². The minimum atomic E-state index is -0.0131. The van der Waals surface area contributed by atoms with Gasteiger partial charge in [-0.05, 0) is 60.4 Å². The molecule has 242 valence electrons. The molecule has 4 heterocycles. The molecule has 1 aliphatic heterocycles. The fraction of sp³-hybridized carbons (Fsp3) is 0.243. The second kappa shape index (κ2) is 13.2. The topological polar surface area (TPSA) is 111 Å². The molecule has 2 fully saturated rings. The summed E-state index contributed by atoms with van der Waals surface area (Å²) in [6.45, 7) is 4.71. The Balaban J connectivity index is 0.999. The van der Waals surface area contributed by atoms with E-state index in [1.54, 1.807) is 17.5 Å². The van der Waals surface area contributed by atoms with E-state index in [0.717, 1.165) is 78.1 Å². The van der Waals surface area contributed by atoms with Crippen LogP contribution in [0.5, 0.6) is 0 Å². The van der Waals surface area contributed by atoms with Gasteiger partial charge in [0.05, 0.1) is 18.0 Å². The number of benzene rings is 3. The number of piperazine rings is 1. The van der Waals surface area contributed by atoms with Crippen LogP contribution in [0, 0.1) is 5.92 Å². The number of β-amino-alcohol motifs (C(OH)–C–C–N with tert-alkyl or cyclic N) is 1. The fourth-order valence-electron chi connectivity index (χ4n) is 6.57. The van der Waals surface area contributed by atoms with E-state index in [9.17, 15) is 9.90 Å². The lowest BCUT2D eigenvalue weighted by atomic mass is 10.1. The van der Waals surface area contributed by atoms with Crippen molar-refractivity contribution in [2.75, 3.05) is 54.9 Å². The SMILES string of the molecule is O=C(Nc1cccc(-c2nc3sccn3c2-c2ccnc(Nc3ccc(N4CCN(CCO)CC4)cc3)n2)c1)[C@@H]1C[C@H]1c1ccccc1. The number of carbonyl (C=O) groups is 1. The first-order valence-electron chi connectivity index (χ1n) is 16.3. The number of aromatic nitrogens is 4. The number of amides is 1. The van der Waals surface area contributed by atoms with E-state index in [2.05, 4.69) is 66.2 Å². The van der Waals surface area contributed by atoms with Gasteiger partial charge in [0.1, 0.15) is 5.69 Å². The van der Waals surface area contributed by atoms with Crippen LogP contribution >= 0.6 is 11.3 Å². The molecule has 0 radical (unpaired) electrons. The standard InChI is InChI=1S/C37H36N8O2S/c46-21-19-43-15-17-44(18-16-43)29-11-9-27(10-12-29)40-36-38-14-13-32(41-36)34-33(42-37-45(34)20-22-48-37)26-7-4-8-28(23-26)39-35(47)31-24-30(31)25-5-2-1-3-6-25/h1-14,20,22-23,30-31,46H,15-19,21,24H2,(H,39,47)(H,38,40,41)/t30-,31+/m0/s1. The highest BCUT2D eigenvalue weighted by Crippen LogP contribution is 2.48. The monoisotopic (exact) mass is 656 g/mol. The second-order valence-corrected chi connectivity index (χ2v) is 13.2. The molecule has 8 rings (SSSR count). The zero-order chi connectivity index (χ0) is 32.5. The zero-order valence-electron chi connectivity index (χ0n) is 26.4. The van der Waals surface area contributed by atoms with E-state index < -0.39 is 0 Å². The largest absolute Gasteiger partial charge is 0.395 e. The Hall–Kier alpha value is -5.10. The van der Waals surface area contributed by atoms with Crippen LogP contribution in [0.2, 0.25) is 0 Å². The first-order chi connectivity index (χ1) is 23.6.